The van der Waals surface area contributed by atoms with Crippen LogP contribution in [0.5, 0.6) is 0 Å². The highest BCUT2D eigenvalue weighted by Gasteiger charge is 2.32. The first-order valence-corrected chi connectivity index (χ1v) is 8.43. The maximum absolute atomic E-state index is 13.3. The lowest BCUT2D eigenvalue weighted by atomic mass is 9.94. The maximum atomic E-state index is 13.3. The summed E-state index contributed by atoms with van der Waals surface area (Å²) < 4.78 is 1.44. The molecule has 0 saturated carbocycles. The van der Waals surface area contributed by atoms with Gasteiger partial charge in [-0.05, 0) is 24.5 Å². The van der Waals surface area contributed by atoms with Gasteiger partial charge in [-0.15, -0.1) is 6.58 Å². The topological polar surface area (TPSA) is 42.3 Å². The Hall–Kier alpha value is -2.88. The molecule has 2 aromatic rings. The average Bonchev–Trinajstić information content (AvgIpc) is 2.64. The molecule has 1 aromatic carbocycles. The number of pyridine rings is 1. The van der Waals surface area contributed by atoms with Gasteiger partial charge in [0.15, 0.2) is 0 Å². The van der Waals surface area contributed by atoms with Crippen molar-refractivity contribution >= 4 is 5.91 Å². The van der Waals surface area contributed by atoms with Crippen LogP contribution in [-0.2, 0) is 7.05 Å². The Bertz CT molecular complexity index is 852. The fourth-order valence-electron chi connectivity index (χ4n) is 3.28. The summed E-state index contributed by atoms with van der Waals surface area (Å²) >= 11 is 0. The molecule has 2 heterocycles. The quantitative estimate of drug-likeness (QED) is 0.804. The summed E-state index contributed by atoms with van der Waals surface area (Å²) in [5.41, 5.74) is 1.47. The second-order valence-corrected chi connectivity index (χ2v) is 6.28. The van der Waals surface area contributed by atoms with Crippen molar-refractivity contribution in [1.29, 1.82) is 0 Å². The predicted octanol–water partition coefficient (Wildman–Crippen LogP) is 3.47. The van der Waals surface area contributed by atoms with E-state index >= 15 is 0 Å². The van der Waals surface area contributed by atoms with Gasteiger partial charge in [0.05, 0.1) is 11.6 Å². The highest BCUT2D eigenvalue weighted by Crippen LogP contribution is 2.32. The molecule has 0 saturated heterocycles. The SMILES string of the molecule is C=CC[C@@H]1CC=C[C@@H](c2ccccc2)N1C(=O)c1ccc(=O)n(C)c1. The lowest BCUT2D eigenvalue weighted by molar-refractivity contribution is 0.0602. The third-order valence-electron chi connectivity index (χ3n) is 4.57. The number of hydrogen-bond acceptors (Lipinski definition) is 2. The predicted molar refractivity (Wildman–Crippen MR) is 99.4 cm³/mol. The molecule has 4 heteroatoms. The van der Waals surface area contributed by atoms with Crippen LogP contribution in [0.25, 0.3) is 0 Å². The van der Waals surface area contributed by atoms with Crippen LogP contribution in [-0.4, -0.2) is 21.4 Å². The van der Waals surface area contributed by atoms with Gasteiger partial charge in [-0.25, -0.2) is 0 Å². The van der Waals surface area contributed by atoms with E-state index in [-0.39, 0.29) is 23.6 Å². The Kier molecular flexibility index (Phi) is 4.98. The van der Waals surface area contributed by atoms with Crippen LogP contribution in [0.15, 0.2) is 78.3 Å². The Labute approximate surface area is 147 Å². The third-order valence-corrected chi connectivity index (χ3v) is 4.57. The number of aryl methyl sites for hydroxylation is 1. The van der Waals surface area contributed by atoms with Gasteiger partial charge < -0.3 is 9.47 Å². The number of benzene rings is 1. The Morgan fingerprint density at radius 3 is 2.68 bits per heavy atom. The lowest BCUT2D eigenvalue weighted by Crippen LogP contribution is -2.44. The van der Waals surface area contributed by atoms with E-state index in [4.69, 9.17) is 0 Å². The molecular weight excluding hydrogens is 312 g/mol. The number of carbonyl (C=O) groups is 1. The molecule has 0 bridgehead atoms. The van der Waals surface area contributed by atoms with Crippen LogP contribution in [0, 0.1) is 0 Å². The maximum Gasteiger partial charge on any atom is 0.256 e. The molecule has 1 amide bonds. The fraction of sp³-hybridized carbons (Fsp3) is 0.238. The summed E-state index contributed by atoms with van der Waals surface area (Å²) in [6.45, 7) is 3.84. The minimum atomic E-state index is -0.127. The molecule has 4 nitrogen and oxygen atoms in total. The number of nitrogens with zero attached hydrogens (tertiary/aromatic N) is 2. The molecule has 1 aliphatic heterocycles. The van der Waals surface area contributed by atoms with Gasteiger partial charge in [0.1, 0.15) is 0 Å². The average molecular weight is 334 g/mol. The molecule has 3 rings (SSSR count). The van der Waals surface area contributed by atoms with Gasteiger partial charge in [-0.2, -0.15) is 0 Å². The van der Waals surface area contributed by atoms with Gasteiger partial charge >= 0.3 is 0 Å². The van der Waals surface area contributed by atoms with Gasteiger partial charge in [0.25, 0.3) is 5.91 Å². The van der Waals surface area contributed by atoms with E-state index in [0.717, 1.165) is 18.4 Å². The molecule has 0 N–H and O–H groups in total. The summed E-state index contributed by atoms with van der Waals surface area (Å²) in [5.74, 6) is -0.0688. The first-order valence-electron chi connectivity index (χ1n) is 8.43. The standard InChI is InChI=1S/C21H22N2O2/c1-3-8-18-11-7-12-19(16-9-5-4-6-10-16)23(18)21(25)17-13-14-20(24)22(2)15-17/h3-7,9-10,12-15,18-19H,1,8,11H2,2H3/t18-,19+/m1/s1. The minimum absolute atomic E-state index is 0.0532. The summed E-state index contributed by atoms with van der Waals surface area (Å²) in [5, 5.41) is 0. The number of carbonyl (C=O) groups excluding carboxylic acids is 1. The summed E-state index contributed by atoms with van der Waals surface area (Å²) in [4.78, 5) is 26.8. The molecule has 128 valence electrons. The van der Waals surface area contributed by atoms with E-state index in [0.29, 0.717) is 5.56 Å². The largest absolute Gasteiger partial charge is 0.324 e. The van der Waals surface area contributed by atoms with E-state index in [1.807, 2.05) is 41.3 Å². The van der Waals surface area contributed by atoms with Gasteiger partial charge in [-0.1, -0.05) is 48.6 Å². The molecule has 1 aromatic heterocycles. The third kappa shape index (κ3) is 3.48. The van der Waals surface area contributed by atoms with Gasteiger partial charge in [-0.3, -0.25) is 9.59 Å². The molecule has 2 atom stereocenters. The first-order chi connectivity index (χ1) is 12.1. The Balaban J connectivity index is 2.03. The van der Waals surface area contributed by atoms with Crippen molar-refractivity contribution in [1.82, 2.24) is 9.47 Å². The van der Waals surface area contributed by atoms with Crippen LogP contribution < -0.4 is 5.56 Å². The highest BCUT2D eigenvalue weighted by atomic mass is 16.2. The molecular formula is C21H22N2O2. The van der Waals surface area contributed by atoms with Crippen LogP contribution >= 0.6 is 0 Å². The van der Waals surface area contributed by atoms with Crippen molar-refractivity contribution in [3.8, 4) is 0 Å². The normalized spacial score (nSPS) is 19.6. The van der Waals surface area contributed by atoms with E-state index in [2.05, 4.69) is 18.7 Å². The molecule has 0 unspecified atom stereocenters. The Morgan fingerprint density at radius 1 is 1.24 bits per heavy atom. The zero-order valence-electron chi connectivity index (χ0n) is 14.3. The van der Waals surface area contributed by atoms with Crippen molar-refractivity contribution in [3.05, 3.63) is 94.9 Å². The second-order valence-electron chi connectivity index (χ2n) is 6.28. The monoisotopic (exact) mass is 334 g/mol. The molecule has 0 spiro atoms. The summed E-state index contributed by atoms with van der Waals surface area (Å²) in [7, 11) is 1.66. The molecule has 25 heavy (non-hydrogen) atoms. The fourth-order valence-corrected chi connectivity index (χ4v) is 3.28. The minimum Gasteiger partial charge on any atom is -0.324 e. The lowest BCUT2D eigenvalue weighted by Gasteiger charge is -2.39. The van der Waals surface area contributed by atoms with Crippen molar-refractivity contribution in [3.63, 3.8) is 0 Å². The van der Waals surface area contributed by atoms with Gasteiger partial charge in [0.2, 0.25) is 5.56 Å². The van der Waals surface area contributed by atoms with Crippen molar-refractivity contribution in [2.75, 3.05) is 0 Å². The van der Waals surface area contributed by atoms with Gasteiger partial charge in [0, 0.05) is 25.4 Å². The number of amides is 1. The zero-order chi connectivity index (χ0) is 17.8. The molecule has 0 fully saturated rings. The van der Waals surface area contributed by atoms with Crippen molar-refractivity contribution in [2.24, 2.45) is 7.05 Å². The van der Waals surface area contributed by atoms with E-state index in [1.54, 1.807) is 19.3 Å². The van der Waals surface area contributed by atoms with Crippen LogP contribution in [0.2, 0.25) is 0 Å². The molecule has 0 radical (unpaired) electrons. The number of hydrogen-bond donors (Lipinski definition) is 0. The second kappa shape index (κ2) is 7.34. The van der Waals surface area contributed by atoms with Crippen molar-refractivity contribution in [2.45, 2.75) is 24.9 Å². The highest BCUT2D eigenvalue weighted by molar-refractivity contribution is 5.94. The number of aromatic nitrogens is 1. The number of rotatable bonds is 4. The smallest absolute Gasteiger partial charge is 0.256 e. The Morgan fingerprint density at radius 2 is 2.00 bits per heavy atom. The van der Waals surface area contributed by atoms with E-state index in [1.165, 1.54) is 10.6 Å². The first kappa shape index (κ1) is 17.0. The van der Waals surface area contributed by atoms with E-state index in [9.17, 15) is 9.59 Å². The van der Waals surface area contributed by atoms with Crippen molar-refractivity contribution < 1.29 is 4.79 Å². The van der Waals surface area contributed by atoms with E-state index < -0.39 is 0 Å². The molecule has 0 aliphatic carbocycles. The van der Waals surface area contributed by atoms with Crippen LogP contribution in [0.4, 0.5) is 0 Å². The zero-order valence-corrected chi connectivity index (χ0v) is 14.3. The van der Waals surface area contributed by atoms with Crippen LogP contribution in [0.3, 0.4) is 0 Å². The summed E-state index contributed by atoms with van der Waals surface area (Å²) in [6.07, 6.45) is 9.20. The summed E-state index contributed by atoms with van der Waals surface area (Å²) in [6, 6.07) is 13.0. The van der Waals surface area contributed by atoms with Crippen LogP contribution in [0.1, 0.15) is 34.8 Å². The molecule has 1 aliphatic rings.